The zero-order chi connectivity index (χ0) is 16.4. The molecule has 0 saturated carbocycles. The van der Waals surface area contributed by atoms with Crippen molar-refractivity contribution >= 4 is 11.8 Å². The summed E-state index contributed by atoms with van der Waals surface area (Å²) in [5.41, 5.74) is 1.45. The lowest BCUT2D eigenvalue weighted by Gasteiger charge is -2.40. The van der Waals surface area contributed by atoms with Crippen LogP contribution in [-0.2, 0) is 5.41 Å². The molecule has 1 saturated heterocycles. The lowest BCUT2D eigenvalue weighted by molar-refractivity contribution is 0.0641. The van der Waals surface area contributed by atoms with Crippen LogP contribution in [0.4, 0.5) is 0 Å². The van der Waals surface area contributed by atoms with E-state index in [0.29, 0.717) is 24.3 Å². The first-order valence-corrected chi connectivity index (χ1v) is 7.60. The lowest BCUT2D eigenvalue weighted by atomic mass is 9.77. The minimum absolute atomic E-state index is 0.0746. The molecule has 3 rings (SSSR count). The van der Waals surface area contributed by atoms with E-state index >= 15 is 0 Å². The highest BCUT2D eigenvalue weighted by Gasteiger charge is 2.38. The standard InChI is InChI=1S/C15H20N6O2/c1-15(12-10(8-18-20-12)13(22)16-2)5-3-7-21(9-15)14(23)11-4-6-17-19-11/h4,6,8H,3,5,7,9H2,1-2H3,(H,16,22)(H,17,19)(H,18,20)/t15-/m0/s1. The van der Waals surface area contributed by atoms with Crippen molar-refractivity contribution in [3.8, 4) is 0 Å². The third-order valence-corrected chi connectivity index (χ3v) is 4.43. The van der Waals surface area contributed by atoms with Crippen molar-refractivity contribution in [3.63, 3.8) is 0 Å². The molecule has 2 amide bonds. The van der Waals surface area contributed by atoms with E-state index in [-0.39, 0.29) is 17.2 Å². The Kier molecular flexibility index (Phi) is 3.89. The summed E-state index contributed by atoms with van der Waals surface area (Å²) in [4.78, 5) is 26.4. The van der Waals surface area contributed by atoms with Gasteiger partial charge in [0.25, 0.3) is 11.8 Å². The number of hydrogen-bond donors (Lipinski definition) is 3. The Labute approximate surface area is 133 Å². The number of nitrogens with zero attached hydrogens (tertiary/aromatic N) is 3. The number of carbonyl (C=O) groups is 2. The number of aromatic nitrogens is 4. The van der Waals surface area contributed by atoms with Gasteiger partial charge in [-0.2, -0.15) is 10.2 Å². The Balaban J connectivity index is 1.86. The van der Waals surface area contributed by atoms with Gasteiger partial charge in [-0.1, -0.05) is 6.92 Å². The summed E-state index contributed by atoms with van der Waals surface area (Å²) >= 11 is 0. The van der Waals surface area contributed by atoms with E-state index < -0.39 is 0 Å². The molecule has 0 radical (unpaired) electrons. The van der Waals surface area contributed by atoms with Crippen LogP contribution in [0.15, 0.2) is 18.5 Å². The van der Waals surface area contributed by atoms with E-state index in [1.54, 1.807) is 24.2 Å². The van der Waals surface area contributed by atoms with Gasteiger partial charge in [-0.15, -0.1) is 0 Å². The molecule has 2 aromatic heterocycles. The van der Waals surface area contributed by atoms with Crippen LogP contribution in [0, 0.1) is 0 Å². The molecule has 0 spiro atoms. The van der Waals surface area contributed by atoms with Gasteiger partial charge in [-0.25, -0.2) is 0 Å². The summed E-state index contributed by atoms with van der Waals surface area (Å²) in [7, 11) is 1.59. The van der Waals surface area contributed by atoms with Crippen LogP contribution < -0.4 is 5.32 Å². The fraction of sp³-hybridized carbons (Fsp3) is 0.467. The van der Waals surface area contributed by atoms with Crippen LogP contribution >= 0.6 is 0 Å². The number of aromatic amines is 2. The Morgan fingerprint density at radius 3 is 2.87 bits per heavy atom. The van der Waals surface area contributed by atoms with Crippen LogP contribution in [0.5, 0.6) is 0 Å². The summed E-state index contributed by atoms with van der Waals surface area (Å²) in [5, 5.41) is 16.2. The second kappa shape index (κ2) is 5.86. The number of nitrogens with one attached hydrogen (secondary N) is 3. The summed E-state index contributed by atoms with van der Waals surface area (Å²) in [6.45, 7) is 3.27. The highest BCUT2D eigenvalue weighted by molar-refractivity contribution is 5.95. The van der Waals surface area contributed by atoms with Gasteiger partial charge in [-0.3, -0.25) is 19.8 Å². The van der Waals surface area contributed by atoms with Crippen LogP contribution in [0.3, 0.4) is 0 Å². The Bertz CT molecular complexity index is 707. The van der Waals surface area contributed by atoms with Crippen molar-refractivity contribution in [2.24, 2.45) is 0 Å². The molecular weight excluding hydrogens is 296 g/mol. The first kappa shape index (κ1) is 15.3. The number of carbonyl (C=O) groups excluding carboxylic acids is 2. The second-order valence-corrected chi connectivity index (χ2v) is 6.10. The highest BCUT2D eigenvalue weighted by atomic mass is 16.2. The van der Waals surface area contributed by atoms with Crippen molar-refractivity contribution in [2.45, 2.75) is 25.2 Å². The maximum Gasteiger partial charge on any atom is 0.271 e. The molecule has 23 heavy (non-hydrogen) atoms. The van der Waals surface area contributed by atoms with Gasteiger partial charge in [0.15, 0.2) is 0 Å². The first-order chi connectivity index (χ1) is 11.0. The number of rotatable bonds is 3. The number of likely N-dealkylation sites (tertiary alicyclic amines) is 1. The molecule has 0 unspecified atom stereocenters. The predicted octanol–water partition coefficient (Wildman–Crippen LogP) is 0.686. The molecule has 0 aromatic carbocycles. The van der Waals surface area contributed by atoms with Crippen molar-refractivity contribution in [2.75, 3.05) is 20.1 Å². The molecular formula is C15H20N6O2. The zero-order valence-electron chi connectivity index (χ0n) is 13.2. The molecule has 0 bridgehead atoms. The minimum Gasteiger partial charge on any atom is -0.355 e. The zero-order valence-corrected chi connectivity index (χ0v) is 13.2. The largest absolute Gasteiger partial charge is 0.355 e. The fourth-order valence-corrected chi connectivity index (χ4v) is 3.22. The molecule has 122 valence electrons. The van der Waals surface area contributed by atoms with Crippen molar-refractivity contribution in [3.05, 3.63) is 35.4 Å². The predicted molar refractivity (Wildman–Crippen MR) is 83.1 cm³/mol. The molecule has 1 aliphatic heterocycles. The Hall–Kier alpha value is -2.64. The van der Waals surface area contributed by atoms with E-state index in [4.69, 9.17) is 0 Å². The number of amides is 2. The van der Waals surface area contributed by atoms with Gasteiger partial charge in [0.05, 0.1) is 17.5 Å². The normalized spacial score (nSPS) is 21.2. The van der Waals surface area contributed by atoms with Crippen LogP contribution in [-0.4, -0.2) is 57.2 Å². The van der Waals surface area contributed by atoms with Gasteiger partial charge in [-0.05, 0) is 18.9 Å². The molecule has 8 heteroatoms. The molecule has 3 N–H and O–H groups in total. The minimum atomic E-state index is -0.341. The summed E-state index contributed by atoms with van der Waals surface area (Å²) in [6.07, 6.45) is 4.85. The number of piperidine rings is 1. The SMILES string of the molecule is CNC(=O)c1cn[nH]c1[C@@]1(C)CCCN(C(=O)c2ccn[nH]2)C1. The van der Waals surface area contributed by atoms with E-state index in [2.05, 4.69) is 32.6 Å². The van der Waals surface area contributed by atoms with Crippen molar-refractivity contribution in [1.82, 2.24) is 30.6 Å². The molecule has 0 aliphatic carbocycles. The van der Waals surface area contributed by atoms with E-state index in [0.717, 1.165) is 18.5 Å². The fourth-order valence-electron chi connectivity index (χ4n) is 3.22. The third-order valence-electron chi connectivity index (χ3n) is 4.43. The topological polar surface area (TPSA) is 107 Å². The summed E-state index contributed by atoms with van der Waals surface area (Å²) < 4.78 is 0. The van der Waals surface area contributed by atoms with E-state index in [1.165, 1.54) is 6.20 Å². The Morgan fingerprint density at radius 2 is 2.17 bits per heavy atom. The molecule has 1 aliphatic rings. The average Bonchev–Trinajstić information content (AvgIpc) is 3.24. The van der Waals surface area contributed by atoms with Gasteiger partial charge >= 0.3 is 0 Å². The summed E-state index contributed by atoms with van der Waals surface area (Å²) in [5.74, 6) is -0.249. The van der Waals surface area contributed by atoms with Crippen molar-refractivity contribution in [1.29, 1.82) is 0 Å². The molecule has 2 aromatic rings. The smallest absolute Gasteiger partial charge is 0.271 e. The van der Waals surface area contributed by atoms with Gasteiger partial charge in [0, 0.05) is 31.7 Å². The maximum atomic E-state index is 12.5. The molecule has 8 nitrogen and oxygen atoms in total. The highest BCUT2D eigenvalue weighted by Crippen LogP contribution is 2.34. The third kappa shape index (κ3) is 2.71. The number of H-pyrrole nitrogens is 2. The van der Waals surface area contributed by atoms with Crippen LogP contribution in [0.25, 0.3) is 0 Å². The van der Waals surface area contributed by atoms with E-state index in [9.17, 15) is 9.59 Å². The quantitative estimate of drug-likeness (QED) is 0.774. The van der Waals surface area contributed by atoms with Crippen LogP contribution in [0.1, 0.15) is 46.3 Å². The Morgan fingerprint density at radius 1 is 1.35 bits per heavy atom. The number of hydrogen-bond acceptors (Lipinski definition) is 4. The molecule has 1 atom stereocenters. The lowest BCUT2D eigenvalue weighted by Crippen LogP contribution is -2.48. The first-order valence-electron chi connectivity index (χ1n) is 7.60. The van der Waals surface area contributed by atoms with Gasteiger partial charge in [0.2, 0.25) is 0 Å². The maximum absolute atomic E-state index is 12.5. The molecule has 1 fully saturated rings. The van der Waals surface area contributed by atoms with Gasteiger partial charge in [0.1, 0.15) is 5.69 Å². The molecule has 3 heterocycles. The van der Waals surface area contributed by atoms with Crippen molar-refractivity contribution < 1.29 is 9.59 Å². The summed E-state index contributed by atoms with van der Waals surface area (Å²) in [6, 6.07) is 1.67. The second-order valence-electron chi connectivity index (χ2n) is 6.10. The van der Waals surface area contributed by atoms with E-state index in [1.807, 2.05) is 0 Å². The van der Waals surface area contributed by atoms with Gasteiger partial charge < -0.3 is 10.2 Å². The van der Waals surface area contributed by atoms with Crippen LogP contribution in [0.2, 0.25) is 0 Å². The monoisotopic (exact) mass is 316 g/mol. The average molecular weight is 316 g/mol.